The number of benzene rings is 1. The summed E-state index contributed by atoms with van der Waals surface area (Å²) in [4.78, 5) is 24.3. The highest BCUT2D eigenvalue weighted by molar-refractivity contribution is 5.68. The molecule has 2 aliphatic rings. The van der Waals surface area contributed by atoms with Gasteiger partial charge in [-0.1, -0.05) is 30.3 Å². The normalized spacial score (nSPS) is 26.3. The highest BCUT2D eigenvalue weighted by atomic mass is 16.6. The maximum Gasteiger partial charge on any atom is 0.410 e. The van der Waals surface area contributed by atoms with Gasteiger partial charge >= 0.3 is 12.1 Å². The summed E-state index contributed by atoms with van der Waals surface area (Å²) in [6.45, 7) is 1.72. The van der Waals surface area contributed by atoms with Crippen LogP contribution in [0.3, 0.4) is 0 Å². The monoisotopic (exact) mass is 289 g/mol. The van der Waals surface area contributed by atoms with E-state index in [0.29, 0.717) is 37.5 Å². The average molecular weight is 289 g/mol. The first-order valence-corrected chi connectivity index (χ1v) is 7.32. The van der Waals surface area contributed by atoms with Crippen LogP contribution in [0.25, 0.3) is 0 Å². The second-order valence-corrected chi connectivity index (χ2v) is 5.87. The van der Waals surface area contributed by atoms with Crippen molar-refractivity contribution in [2.45, 2.75) is 19.4 Å². The Labute approximate surface area is 123 Å². The predicted molar refractivity (Wildman–Crippen MR) is 75.5 cm³/mol. The van der Waals surface area contributed by atoms with Crippen molar-refractivity contribution in [3.8, 4) is 0 Å². The highest BCUT2D eigenvalue weighted by Crippen LogP contribution is 2.54. The number of likely N-dealkylation sites (tertiary alicyclic amines) is 1. The first-order chi connectivity index (χ1) is 10.1. The van der Waals surface area contributed by atoms with E-state index in [1.54, 1.807) is 4.90 Å². The molecule has 0 radical (unpaired) electrons. The molecule has 0 bridgehead atoms. The third kappa shape index (κ3) is 3.17. The number of rotatable bonds is 5. The molecule has 3 rings (SSSR count). The Balaban J connectivity index is 1.40. The molecule has 1 N–H and O–H groups in total. The van der Waals surface area contributed by atoms with Gasteiger partial charge < -0.3 is 14.7 Å². The SMILES string of the molecule is O=C(O)CCC1C2CN(C(=O)OCc3ccccc3)CC12. The molecule has 1 saturated carbocycles. The van der Waals surface area contributed by atoms with Crippen molar-refractivity contribution in [2.24, 2.45) is 17.8 Å². The van der Waals surface area contributed by atoms with Crippen molar-refractivity contribution in [3.63, 3.8) is 0 Å². The Bertz CT molecular complexity index is 518. The van der Waals surface area contributed by atoms with Gasteiger partial charge in [0.15, 0.2) is 0 Å². The van der Waals surface area contributed by atoms with Crippen molar-refractivity contribution in [2.75, 3.05) is 13.1 Å². The van der Waals surface area contributed by atoms with Gasteiger partial charge in [-0.2, -0.15) is 0 Å². The molecular formula is C16H19NO4. The zero-order valence-corrected chi connectivity index (χ0v) is 11.8. The van der Waals surface area contributed by atoms with Gasteiger partial charge in [-0.15, -0.1) is 0 Å². The molecule has 1 aliphatic carbocycles. The topological polar surface area (TPSA) is 66.8 Å². The van der Waals surface area contributed by atoms with Gasteiger partial charge in [-0.05, 0) is 29.7 Å². The van der Waals surface area contributed by atoms with Gasteiger partial charge in [-0.25, -0.2) is 4.79 Å². The lowest BCUT2D eigenvalue weighted by molar-refractivity contribution is -0.137. The Morgan fingerprint density at radius 2 is 1.86 bits per heavy atom. The van der Waals surface area contributed by atoms with Gasteiger partial charge in [0, 0.05) is 19.5 Å². The highest BCUT2D eigenvalue weighted by Gasteiger charge is 2.56. The summed E-state index contributed by atoms with van der Waals surface area (Å²) in [6, 6.07) is 9.62. The third-order valence-corrected chi connectivity index (χ3v) is 4.53. The molecule has 5 heteroatoms. The van der Waals surface area contributed by atoms with Crippen LogP contribution in [0.2, 0.25) is 0 Å². The Morgan fingerprint density at radius 1 is 1.19 bits per heavy atom. The zero-order valence-electron chi connectivity index (χ0n) is 11.8. The molecule has 2 unspecified atom stereocenters. The third-order valence-electron chi connectivity index (χ3n) is 4.53. The molecule has 5 nitrogen and oxygen atoms in total. The molecule has 112 valence electrons. The number of hydrogen-bond acceptors (Lipinski definition) is 3. The Morgan fingerprint density at radius 3 is 2.48 bits per heavy atom. The zero-order chi connectivity index (χ0) is 14.8. The quantitative estimate of drug-likeness (QED) is 0.903. The second kappa shape index (κ2) is 5.76. The molecule has 2 atom stereocenters. The number of ether oxygens (including phenoxy) is 1. The molecule has 1 saturated heterocycles. The van der Waals surface area contributed by atoms with Crippen LogP contribution in [0.15, 0.2) is 30.3 Å². The summed E-state index contributed by atoms with van der Waals surface area (Å²) in [5, 5.41) is 8.69. The van der Waals surface area contributed by atoms with Gasteiger partial charge in [0.1, 0.15) is 6.61 Å². The lowest BCUT2D eigenvalue weighted by Gasteiger charge is -2.19. The van der Waals surface area contributed by atoms with Crippen LogP contribution in [-0.4, -0.2) is 35.2 Å². The van der Waals surface area contributed by atoms with Gasteiger partial charge in [0.05, 0.1) is 0 Å². The van der Waals surface area contributed by atoms with Crippen molar-refractivity contribution < 1.29 is 19.4 Å². The molecule has 2 fully saturated rings. The second-order valence-electron chi connectivity index (χ2n) is 5.87. The molecule has 21 heavy (non-hydrogen) atoms. The van der Waals surface area contributed by atoms with Gasteiger partial charge in [-0.3, -0.25) is 4.79 Å². The molecule has 1 aromatic carbocycles. The van der Waals surface area contributed by atoms with E-state index in [4.69, 9.17) is 9.84 Å². The summed E-state index contributed by atoms with van der Waals surface area (Å²) in [7, 11) is 0. The molecule has 1 aromatic rings. The number of nitrogens with zero attached hydrogens (tertiary/aromatic N) is 1. The first-order valence-electron chi connectivity index (χ1n) is 7.32. The van der Waals surface area contributed by atoms with Crippen LogP contribution < -0.4 is 0 Å². The predicted octanol–water partition coefficient (Wildman–Crippen LogP) is 2.37. The molecule has 1 heterocycles. The molecule has 0 spiro atoms. The fraction of sp³-hybridized carbons (Fsp3) is 0.500. The van der Waals surface area contributed by atoms with Gasteiger partial charge in [0.25, 0.3) is 0 Å². The summed E-state index contributed by atoms with van der Waals surface area (Å²) in [6.07, 6.45) is 0.705. The van der Waals surface area contributed by atoms with E-state index in [2.05, 4.69) is 0 Å². The van der Waals surface area contributed by atoms with E-state index in [0.717, 1.165) is 12.0 Å². The van der Waals surface area contributed by atoms with Crippen LogP contribution in [0, 0.1) is 17.8 Å². The van der Waals surface area contributed by atoms with Crippen molar-refractivity contribution in [3.05, 3.63) is 35.9 Å². The van der Waals surface area contributed by atoms with Gasteiger partial charge in [0.2, 0.25) is 0 Å². The standard InChI is InChI=1S/C16H19NO4/c18-15(19)7-6-12-13-8-17(9-14(12)13)16(20)21-10-11-4-2-1-3-5-11/h1-5,12-14H,6-10H2,(H,18,19). The minimum atomic E-state index is -0.737. The fourth-order valence-electron chi connectivity index (χ4n) is 3.33. The van der Waals surface area contributed by atoms with Crippen molar-refractivity contribution in [1.82, 2.24) is 4.90 Å². The molecule has 1 amide bonds. The lowest BCUT2D eigenvalue weighted by atomic mass is 10.1. The van der Waals surface area contributed by atoms with Crippen LogP contribution in [0.4, 0.5) is 4.79 Å². The van der Waals surface area contributed by atoms with Crippen molar-refractivity contribution in [1.29, 1.82) is 0 Å². The van der Waals surface area contributed by atoms with E-state index >= 15 is 0 Å². The van der Waals surface area contributed by atoms with Crippen LogP contribution in [-0.2, 0) is 16.1 Å². The number of carbonyl (C=O) groups is 2. The van der Waals surface area contributed by atoms with E-state index in [9.17, 15) is 9.59 Å². The van der Waals surface area contributed by atoms with E-state index in [1.165, 1.54) is 0 Å². The van der Waals surface area contributed by atoms with E-state index < -0.39 is 5.97 Å². The fourth-order valence-corrected chi connectivity index (χ4v) is 3.33. The number of hydrogen-bond donors (Lipinski definition) is 1. The molecule has 0 aromatic heterocycles. The maximum atomic E-state index is 12.0. The average Bonchev–Trinajstić information content (AvgIpc) is 2.93. The maximum absolute atomic E-state index is 12.0. The summed E-state index contributed by atoms with van der Waals surface area (Å²) in [5.41, 5.74) is 0.981. The number of amides is 1. The number of carboxylic acids is 1. The van der Waals surface area contributed by atoms with E-state index in [1.807, 2.05) is 30.3 Å². The van der Waals surface area contributed by atoms with Crippen LogP contribution in [0.1, 0.15) is 18.4 Å². The number of aliphatic carboxylic acids is 1. The lowest BCUT2D eigenvalue weighted by Crippen LogP contribution is -2.32. The van der Waals surface area contributed by atoms with Crippen LogP contribution >= 0.6 is 0 Å². The van der Waals surface area contributed by atoms with E-state index in [-0.39, 0.29) is 12.5 Å². The van der Waals surface area contributed by atoms with Crippen LogP contribution in [0.5, 0.6) is 0 Å². The first kappa shape index (κ1) is 13.9. The smallest absolute Gasteiger partial charge is 0.410 e. The summed E-state index contributed by atoms with van der Waals surface area (Å²) < 4.78 is 5.31. The number of carbonyl (C=O) groups excluding carboxylic acids is 1. The summed E-state index contributed by atoms with van der Waals surface area (Å²) >= 11 is 0. The minimum Gasteiger partial charge on any atom is -0.481 e. The number of carboxylic acid groups (broad SMARTS) is 1. The summed E-state index contributed by atoms with van der Waals surface area (Å²) in [5.74, 6) is 0.709. The largest absolute Gasteiger partial charge is 0.481 e. The number of piperidine rings is 1. The molecular weight excluding hydrogens is 270 g/mol. The number of fused-ring (bicyclic) bond motifs is 1. The van der Waals surface area contributed by atoms with Crippen molar-refractivity contribution >= 4 is 12.1 Å². The Kier molecular flexibility index (Phi) is 3.82. The molecule has 1 aliphatic heterocycles. The Hall–Kier alpha value is -2.04. The minimum absolute atomic E-state index is 0.232.